The van der Waals surface area contributed by atoms with E-state index in [1.165, 1.54) is 11.1 Å². The molecule has 0 aliphatic heterocycles. The second kappa shape index (κ2) is 5.43. The molecule has 0 fully saturated rings. The summed E-state index contributed by atoms with van der Waals surface area (Å²) in [6.07, 6.45) is 3.67. The van der Waals surface area contributed by atoms with Crippen molar-refractivity contribution in [3.05, 3.63) is 59.3 Å². The number of pyridine rings is 1. The first-order chi connectivity index (χ1) is 8.97. The minimum Gasteiger partial charge on any atom is -0.383 e. The molecule has 0 bridgehead atoms. The Morgan fingerprint density at radius 1 is 1.00 bits per heavy atom. The van der Waals surface area contributed by atoms with Gasteiger partial charge in [-0.05, 0) is 41.0 Å². The highest BCUT2D eigenvalue weighted by Crippen LogP contribution is 2.22. The maximum Gasteiger partial charge on any atom is 0.126 e. The number of nitrogens with zero attached hydrogens (tertiary/aromatic N) is 1. The monoisotopic (exact) mass is 254 g/mol. The van der Waals surface area contributed by atoms with Crippen LogP contribution in [0.4, 0.5) is 5.82 Å². The van der Waals surface area contributed by atoms with Gasteiger partial charge in [-0.1, -0.05) is 51.1 Å². The molecule has 0 saturated carbocycles. The second-order valence-electron chi connectivity index (χ2n) is 5.99. The molecular formula is C17H22N2. The smallest absolute Gasteiger partial charge is 0.126 e. The first-order valence-corrected chi connectivity index (χ1v) is 6.75. The van der Waals surface area contributed by atoms with Crippen molar-refractivity contribution in [2.45, 2.75) is 39.0 Å². The van der Waals surface area contributed by atoms with Crippen LogP contribution in [0.25, 0.3) is 0 Å². The highest BCUT2D eigenvalue weighted by Gasteiger charge is 2.12. The van der Waals surface area contributed by atoms with Crippen molar-refractivity contribution < 1.29 is 0 Å². The van der Waals surface area contributed by atoms with Gasteiger partial charge in [0.25, 0.3) is 0 Å². The van der Waals surface area contributed by atoms with Crippen LogP contribution in [0.2, 0.25) is 0 Å². The molecule has 0 aliphatic rings. The number of rotatable bonds is 3. The van der Waals surface area contributed by atoms with Crippen molar-refractivity contribution in [2.24, 2.45) is 0 Å². The van der Waals surface area contributed by atoms with E-state index in [2.05, 4.69) is 50.0 Å². The number of hydrogen-bond acceptors (Lipinski definition) is 2. The molecule has 0 unspecified atom stereocenters. The van der Waals surface area contributed by atoms with Crippen molar-refractivity contribution >= 4 is 5.82 Å². The van der Waals surface area contributed by atoms with Crippen LogP contribution in [0.15, 0.2) is 42.6 Å². The predicted molar refractivity (Wildman–Crippen MR) is 81.2 cm³/mol. The van der Waals surface area contributed by atoms with E-state index in [0.29, 0.717) is 5.82 Å². The fourth-order valence-electron chi connectivity index (χ4n) is 2.11. The lowest BCUT2D eigenvalue weighted by Gasteiger charge is -2.19. The maximum atomic E-state index is 5.85. The van der Waals surface area contributed by atoms with Gasteiger partial charge in [-0.25, -0.2) is 4.98 Å². The minimum atomic E-state index is 0.215. The van der Waals surface area contributed by atoms with Gasteiger partial charge < -0.3 is 5.73 Å². The average molecular weight is 254 g/mol. The molecular weight excluding hydrogens is 232 g/mol. The molecule has 0 amide bonds. The van der Waals surface area contributed by atoms with E-state index in [9.17, 15) is 0 Å². The zero-order chi connectivity index (χ0) is 13.9. The Morgan fingerprint density at radius 2 is 1.68 bits per heavy atom. The molecule has 19 heavy (non-hydrogen) atoms. The number of benzene rings is 1. The Morgan fingerprint density at radius 3 is 2.26 bits per heavy atom. The highest BCUT2D eigenvalue weighted by atomic mass is 14.8. The van der Waals surface area contributed by atoms with Gasteiger partial charge in [-0.3, -0.25) is 0 Å². The largest absolute Gasteiger partial charge is 0.383 e. The molecule has 1 aromatic heterocycles. The predicted octanol–water partition coefficient (Wildman–Crippen LogP) is 3.75. The van der Waals surface area contributed by atoms with Gasteiger partial charge in [0.05, 0.1) is 0 Å². The van der Waals surface area contributed by atoms with E-state index >= 15 is 0 Å². The zero-order valence-corrected chi connectivity index (χ0v) is 12.0. The van der Waals surface area contributed by atoms with Gasteiger partial charge in [0, 0.05) is 6.20 Å². The summed E-state index contributed by atoms with van der Waals surface area (Å²) in [4.78, 5) is 4.12. The molecule has 1 aromatic carbocycles. The van der Waals surface area contributed by atoms with Crippen LogP contribution in [0.3, 0.4) is 0 Å². The molecule has 0 radical (unpaired) electrons. The third-order valence-electron chi connectivity index (χ3n) is 3.43. The molecule has 0 spiro atoms. The summed E-state index contributed by atoms with van der Waals surface area (Å²) < 4.78 is 0. The van der Waals surface area contributed by atoms with E-state index in [0.717, 1.165) is 18.4 Å². The molecule has 2 N–H and O–H groups in total. The Hall–Kier alpha value is -1.83. The number of hydrogen-bond donors (Lipinski definition) is 1. The van der Waals surface area contributed by atoms with E-state index in [4.69, 9.17) is 5.73 Å². The Kier molecular flexibility index (Phi) is 3.89. The third-order valence-corrected chi connectivity index (χ3v) is 3.43. The number of aryl methyl sites for hydroxylation is 2. The quantitative estimate of drug-likeness (QED) is 0.906. The minimum absolute atomic E-state index is 0.215. The van der Waals surface area contributed by atoms with Crippen molar-refractivity contribution in [1.29, 1.82) is 0 Å². The lowest BCUT2D eigenvalue weighted by atomic mass is 9.86. The van der Waals surface area contributed by atoms with Crippen LogP contribution in [0, 0.1) is 0 Å². The summed E-state index contributed by atoms with van der Waals surface area (Å²) in [5, 5.41) is 0. The van der Waals surface area contributed by atoms with Crippen molar-refractivity contribution in [3.8, 4) is 0 Å². The highest BCUT2D eigenvalue weighted by molar-refractivity contribution is 5.39. The number of nitrogens with two attached hydrogens (primary N) is 1. The topological polar surface area (TPSA) is 38.9 Å². The second-order valence-corrected chi connectivity index (χ2v) is 5.99. The van der Waals surface area contributed by atoms with E-state index in [1.807, 2.05) is 12.1 Å². The summed E-state index contributed by atoms with van der Waals surface area (Å²) in [7, 11) is 0. The molecule has 2 nitrogen and oxygen atoms in total. The lowest BCUT2D eigenvalue weighted by molar-refractivity contribution is 0.590. The van der Waals surface area contributed by atoms with Crippen LogP contribution >= 0.6 is 0 Å². The molecule has 100 valence electrons. The number of nitrogen functional groups attached to an aromatic ring is 1. The Bertz CT molecular complexity index is 536. The average Bonchev–Trinajstić information content (AvgIpc) is 2.37. The fraction of sp³-hybridized carbons (Fsp3) is 0.353. The lowest BCUT2D eigenvalue weighted by Crippen LogP contribution is -2.10. The normalized spacial score (nSPS) is 11.5. The standard InChI is InChI=1S/C17H22N2/c1-17(2,3)15-10-7-13(8-11-15)6-9-14-5-4-12-19-16(14)18/h4-5,7-8,10-12H,6,9H2,1-3H3,(H2,18,19). The van der Waals surface area contributed by atoms with Gasteiger partial charge in [-0.15, -0.1) is 0 Å². The molecule has 0 saturated heterocycles. The molecule has 2 rings (SSSR count). The summed E-state index contributed by atoms with van der Waals surface area (Å²) in [5.41, 5.74) is 9.91. The molecule has 1 heterocycles. The summed E-state index contributed by atoms with van der Waals surface area (Å²) in [6.45, 7) is 6.70. The number of aromatic nitrogens is 1. The summed E-state index contributed by atoms with van der Waals surface area (Å²) in [6, 6.07) is 12.9. The maximum absolute atomic E-state index is 5.85. The summed E-state index contributed by atoms with van der Waals surface area (Å²) >= 11 is 0. The zero-order valence-electron chi connectivity index (χ0n) is 12.0. The van der Waals surface area contributed by atoms with Gasteiger partial charge in [-0.2, -0.15) is 0 Å². The first kappa shape index (κ1) is 13.6. The Labute approximate surface area is 115 Å². The third kappa shape index (κ3) is 3.57. The molecule has 0 aliphatic carbocycles. The van der Waals surface area contributed by atoms with Crippen LogP contribution in [-0.4, -0.2) is 4.98 Å². The SMILES string of the molecule is CC(C)(C)c1ccc(CCc2cccnc2N)cc1. The van der Waals surface area contributed by atoms with Gasteiger partial charge in [0.15, 0.2) is 0 Å². The van der Waals surface area contributed by atoms with Crippen molar-refractivity contribution in [1.82, 2.24) is 4.98 Å². The van der Waals surface area contributed by atoms with Crippen molar-refractivity contribution in [2.75, 3.05) is 5.73 Å². The van der Waals surface area contributed by atoms with E-state index in [-0.39, 0.29) is 5.41 Å². The molecule has 2 aromatic rings. The van der Waals surface area contributed by atoms with Crippen LogP contribution in [0.1, 0.15) is 37.5 Å². The summed E-state index contributed by atoms with van der Waals surface area (Å²) in [5.74, 6) is 0.647. The fourth-order valence-corrected chi connectivity index (χ4v) is 2.11. The van der Waals surface area contributed by atoms with E-state index in [1.54, 1.807) is 6.20 Å². The van der Waals surface area contributed by atoms with Gasteiger partial charge in [0.1, 0.15) is 5.82 Å². The van der Waals surface area contributed by atoms with Gasteiger partial charge >= 0.3 is 0 Å². The van der Waals surface area contributed by atoms with Crippen LogP contribution in [0.5, 0.6) is 0 Å². The Balaban J connectivity index is 2.03. The van der Waals surface area contributed by atoms with Crippen LogP contribution < -0.4 is 5.73 Å². The van der Waals surface area contributed by atoms with E-state index < -0.39 is 0 Å². The van der Waals surface area contributed by atoms with Crippen LogP contribution in [-0.2, 0) is 18.3 Å². The molecule has 0 atom stereocenters. The van der Waals surface area contributed by atoms with Crippen molar-refractivity contribution in [3.63, 3.8) is 0 Å². The number of anilines is 1. The molecule has 2 heteroatoms. The van der Waals surface area contributed by atoms with Gasteiger partial charge in [0.2, 0.25) is 0 Å². The first-order valence-electron chi connectivity index (χ1n) is 6.75.